The fraction of sp³-hybridized carbons (Fsp3) is 0.583. The van der Waals surface area contributed by atoms with E-state index in [1.165, 1.54) is 12.0 Å². The van der Waals surface area contributed by atoms with Crippen LogP contribution in [0.1, 0.15) is 30.5 Å². The second-order valence-electron chi connectivity index (χ2n) is 4.41. The second-order valence-corrected chi connectivity index (χ2v) is 4.41. The molecule has 1 saturated carbocycles. The summed E-state index contributed by atoms with van der Waals surface area (Å²) < 4.78 is 0. The van der Waals surface area contributed by atoms with Crippen molar-refractivity contribution >= 4 is 0 Å². The summed E-state index contributed by atoms with van der Waals surface area (Å²) in [4.78, 5) is 4.33. The summed E-state index contributed by atoms with van der Waals surface area (Å²) in [6.07, 6.45) is 5.19. The Morgan fingerprint density at radius 2 is 2.33 bits per heavy atom. The van der Waals surface area contributed by atoms with Crippen LogP contribution in [-0.2, 0) is 6.54 Å². The molecule has 1 heterocycles. The third kappa shape index (κ3) is 2.19. The molecule has 0 aliphatic heterocycles. The molecule has 1 aromatic rings. The molecule has 0 saturated heterocycles. The van der Waals surface area contributed by atoms with Gasteiger partial charge in [-0.2, -0.15) is 0 Å². The number of hydrogen-bond donors (Lipinski definition) is 2. The average Bonchev–Trinajstić information content (AvgIpc) is 2.19. The lowest BCUT2D eigenvalue weighted by molar-refractivity contribution is 0.0868. The third-order valence-electron chi connectivity index (χ3n) is 3.36. The zero-order valence-corrected chi connectivity index (χ0v) is 9.16. The van der Waals surface area contributed by atoms with E-state index in [1.807, 2.05) is 12.3 Å². The lowest BCUT2D eigenvalue weighted by Crippen LogP contribution is -2.53. The van der Waals surface area contributed by atoms with E-state index in [0.717, 1.165) is 25.1 Å². The number of pyridine rings is 1. The van der Waals surface area contributed by atoms with Crippen molar-refractivity contribution in [1.82, 2.24) is 10.3 Å². The van der Waals surface area contributed by atoms with Gasteiger partial charge in [-0.05, 0) is 37.8 Å². The molecule has 1 aliphatic carbocycles. The van der Waals surface area contributed by atoms with Crippen LogP contribution in [0.4, 0.5) is 0 Å². The molecule has 0 amide bonds. The molecule has 1 aliphatic rings. The molecular weight excluding hydrogens is 188 g/mol. The highest BCUT2D eigenvalue weighted by Crippen LogP contribution is 2.31. The molecule has 2 N–H and O–H groups in total. The molecule has 3 nitrogen and oxygen atoms in total. The van der Waals surface area contributed by atoms with Gasteiger partial charge in [-0.3, -0.25) is 4.98 Å². The topological polar surface area (TPSA) is 45.2 Å². The summed E-state index contributed by atoms with van der Waals surface area (Å²) in [6.45, 7) is 3.06. The first kappa shape index (κ1) is 10.6. The maximum Gasteiger partial charge on any atom is 0.0613 e. The Morgan fingerprint density at radius 3 is 2.87 bits per heavy atom. The maximum absolute atomic E-state index is 9.30. The minimum Gasteiger partial charge on any atom is -0.394 e. The lowest BCUT2D eigenvalue weighted by atomic mass is 9.77. The number of nitrogens with one attached hydrogen (secondary N) is 1. The highest BCUT2D eigenvalue weighted by molar-refractivity contribution is 5.17. The quantitative estimate of drug-likeness (QED) is 0.782. The summed E-state index contributed by atoms with van der Waals surface area (Å²) in [6, 6.07) is 4.01. The molecule has 0 unspecified atom stereocenters. The smallest absolute Gasteiger partial charge is 0.0613 e. The standard InChI is InChI=1S/C12H18N2O/c1-10-4-2-7-13-11(10)8-14-12(9-15)5-3-6-12/h2,4,7,14-15H,3,5-6,8-9H2,1H3. The minimum atomic E-state index is -0.0238. The van der Waals surface area contributed by atoms with Crippen LogP contribution >= 0.6 is 0 Å². The fourth-order valence-corrected chi connectivity index (χ4v) is 1.97. The lowest BCUT2D eigenvalue weighted by Gasteiger charge is -2.41. The molecule has 3 heteroatoms. The number of aliphatic hydroxyl groups is 1. The number of aryl methyl sites for hydroxylation is 1. The van der Waals surface area contributed by atoms with Crippen molar-refractivity contribution in [3.05, 3.63) is 29.6 Å². The van der Waals surface area contributed by atoms with Crippen molar-refractivity contribution in [2.45, 2.75) is 38.3 Å². The summed E-state index contributed by atoms with van der Waals surface area (Å²) >= 11 is 0. The van der Waals surface area contributed by atoms with E-state index in [1.54, 1.807) is 0 Å². The molecule has 2 rings (SSSR count). The van der Waals surface area contributed by atoms with Gasteiger partial charge < -0.3 is 10.4 Å². The molecule has 1 aromatic heterocycles. The Kier molecular flexibility index (Phi) is 3.03. The highest BCUT2D eigenvalue weighted by atomic mass is 16.3. The molecular formula is C12H18N2O. The predicted octanol–water partition coefficient (Wildman–Crippen LogP) is 1.39. The van der Waals surface area contributed by atoms with Crippen LogP contribution in [0.3, 0.4) is 0 Å². The van der Waals surface area contributed by atoms with Gasteiger partial charge in [0.25, 0.3) is 0 Å². The van der Waals surface area contributed by atoms with Gasteiger partial charge in [-0.25, -0.2) is 0 Å². The van der Waals surface area contributed by atoms with E-state index in [2.05, 4.69) is 23.3 Å². The first-order valence-corrected chi connectivity index (χ1v) is 5.52. The first-order chi connectivity index (χ1) is 7.26. The number of aliphatic hydroxyl groups excluding tert-OH is 1. The Balaban J connectivity index is 1.95. The number of aromatic nitrogens is 1. The van der Waals surface area contributed by atoms with Crippen molar-refractivity contribution < 1.29 is 5.11 Å². The van der Waals surface area contributed by atoms with Gasteiger partial charge in [0.15, 0.2) is 0 Å². The maximum atomic E-state index is 9.30. The Bertz CT molecular complexity index is 329. The van der Waals surface area contributed by atoms with Gasteiger partial charge in [0, 0.05) is 18.3 Å². The van der Waals surface area contributed by atoms with Crippen LogP contribution < -0.4 is 5.32 Å². The molecule has 82 valence electrons. The molecule has 0 aromatic carbocycles. The van der Waals surface area contributed by atoms with Gasteiger partial charge in [0.05, 0.1) is 12.3 Å². The highest BCUT2D eigenvalue weighted by Gasteiger charge is 2.35. The fourth-order valence-electron chi connectivity index (χ4n) is 1.97. The van der Waals surface area contributed by atoms with Crippen molar-refractivity contribution in [1.29, 1.82) is 0 Å². The summed E-state index contributed by atoms with van der Waals surface area (Å²) in [5.74, 6) is 0. The number of hydrogen-bond acceptors (Lipinski definition) is 3. The van der Waals surface area contributed by atoms with Gasteiger partial charge in [0.2, 0.25) is 0 Å². The normalized spacial score (nSPS) is 18.5. The monoisotopic (exact) mass is 206 g/mol. The number of nitrogens with zero attached hydrogens (tertiary/aromatic N) is 1. The Hall–Kier alpha value is -0.930. The van der Waals surface area contributed by atoms with E-state index in [4.69, 9.17) is 0 Å². The van der Waals surface area contributed by atoms with Crippen LogP contribution in [0.2, 0.25) is 0 Å². The zero-order chi connectivity index (χ0) is 10.7. The van der Waals surface area contributed by atoms with E-state index >= 15 is 0 Å². The van der Waals surface area contributed by atoms with Gasteiger partial charge in [-0.1, -0.05) is 6.07 Å². The van der Waals surface area contributed by atoms with Crippen LogP contribution in [0, 0.1) is 6.92 Å². The summed E-state index contributed by atoms with van der Waals surface area (Å²) in [7, 11) is 0. The Morgan fingerprint density at radius 1 is 1.53 bits per heavy atom. The minimum absolute atomic E-state index is 0.0238. The largest absolute Gasteiger partial charge is 0.394 e. The van der Waals surface area contributed by atoms with Crippen molar-refractivity contribution in [2.75, 3.05) is 6.61 Å². The van der Waals surface area contributed by atoms with Crippen molar-refractivity contribution in [2.24, 2.45) is 0 Å². The van der Waals surface area contributed by atoms with Gasteiger partial charge >= 0.3 is 0 Å². The van der Waals surface area contributed by atoms with E-state index in [-0.39, 0.29) is 12.1 Å². The molecule has 0 spiro atoms. The molecule has 0 bridgehead atoms. The predicted molar refractivity (Wildman–Crippen MR) is 59.5 cm³/mol. The third-order valence-corrected chi connectivity index (χ3v) is 3.36. The van der Waals surface area contributed by atoms with Crippen LogP contribution in [0.25, 0.3) is 0 Å². The second kappa shape index (κ2) is 4.29. The molecule has 15 heavy (non-hydrogen) atoms. The Labute approximate surface area is 90.5 Å². The van der Waals surface area contributed by atoms with Crippen LogP contribution in [-0.4, -0.2) is 22.2 Å². The van der Waals surface area contributed by atoms with E-state index in [0.29, 0.717) is 0 Å². The first-order valence-electron chi connectivity index (χ1n) is 5.52. The van der Waals surface area contributed by atoms with Crippen molar-refractivity contribution in [3.8, 4) is 0 Å². The average molecular weight is 206 g/mol. The van der Waals surface area contributed by atoms with Crippen LogP contribution in [0.5, 0.6) is 0 Å². The van der Waals surface area contributed by atoms with E-state index < -0.39 is 0 Å². The van der Waals surface area contributed by atoms with Gasteiger partial charge in [-0.15, -0.1) is 0 Å². The SMILES string of the molecule is Cc1cccnc1CNC1(CO)CCC1. The molecule has 0 atom stereocenters. The molecule has 0 radical (unpaired) electrons. The number of rotatable bonds is 4. The summed E-state index contributed by atoms with van der Waals surface area (Å²) in [5.41, 5.74) is 2.26. The summed E-state index contributed by atoms with van der Waals surface area (Å²) in [5, 5.41) is 12.7. The van der Waals surface area contributed by atoms with E-state index in [9.17, 15) is 5.11 Å². The van der Waals surface area contributed by atoms with Gasteiger partial charge in [0.1, 0.15) is 0 Å². The van der Waals surface area contributed by atoms with Crippen molar-refractivity contribution in [3.63, 3.8) is 0 Å². The zero-order valence-electron chi connectivity index (χ0n) is 9.16. The van der Waals surface area contributed by atoms with Crippen LogP contribution in [0.15, 0.2) is 18.3 Å². The molecule has 1 fully saturated rings.